The minimum Gasteiger partial charge on any atom is -0.406 e. The lowest BCUT2D eigenvalue weighted by molar-refractivity contribution is -0.274. The average molecular weight is 567 g/mol. The first kappa shape index (κ1) is 27.0. The topological polar surface area (TPSA) is 114 Å². The molecule has 1 fully saturated rings. The van der Waals surface area contributed by atoms with E-state index < -0.39 is 28.2 Å². The van der Waals surface area contributed by atoms with E-state index in [0.29, 0.717) is 17.9 Å². The number of fused-ring (bicyclic) bond motifs is 1. The molecule has 2 aromatic carbocycles. The van der Waals surface area contributed by atoms with Gasteiger partial charge in [0.1, 0.15) is 11.5 Å². The minimum atomic E-state index is -4.89. The molecule has 1 amide bonds. The van der Waals surface area contributed by atoms with Crippen LogP contribution in [0.1, 0.15) is 23.3 Å². The maximum absolute atomic E-state index is 13.1. The summed E-state index contributed by atoms with van der Waals surface area (Å²) in [5.74, 6) is -0.267. The zero-order chi connectivity index (χ0) is 27.6. The van der Waals surface area contributed by atoms with Gasteiger partial charge in [0.25, 0.3) is 5.88 Å². The van der Waals surface area contributed by atoms with Crippen molar-refractivity contribution in [1.29, 1.82) is 0 Å². The van der Waals surface area contributed by atoms with Crippen molar-refractivity contribution in [3.05, 3.63) is 71.5 Å². The predicted octanol–water partition coefficient (Wildman–Crippen LogP) is 3.68. The van der Waals surface area contributed by atoms with Gasteiger partial charge in [0.2, 0.25) is 10.0 Å². The Hall–Kier alpha value is -3.62. The molecule has 1 aromatic heterocycles. The molecule has 1 saturated heterocycles. The molecule has 14 heteroatoms. The second-order valence-electron chi connectivity index (χ2n) is 9.24. The van der Waals surface area contributed by atoms with Crippen molar-refractivity contribution >= 4 is 16.1 Å². The van der Waals surface area contributed by atoms with Crippen LogP contribution in [0.15, 0.2) is 64.0 Å². The fourth-order valence-electron chi connectivity index (χ4n) is 4.63. The van der Waals surface area contributed by atoms with Gasteiger partial charge in [-0.15, -0.1) is 13.2 Å². The van der Waals surface area contributed by atoms with Gasteiger partial charge in [-0.1, -0.05) is 30.3 Å². The highest BCUT2D eigenvalue weighted by molar-refractivity contribution is 7.89. The van der Waals surface area contributed by atoms with Crippen LogP contribution in [-0.4, -0.2) is 60.9 Å². The number of nitrogens with one attached hydrogen (secondary N) is 1. The number of rotatable bonds is 7. The van der Waals surface area contributed by atoms with Gasteiger partial charge in [0.05, 0.1) is 10.5 Å². The van der Waals surface area contributed by atoms with Crippen LogP contribution in [0, 0.1) is 0 Å². The molecule has 1 N–H and O–H groups in total. The number of aromatic nitrogens is 1. The molecule has 2 aliphatic heterocycles. The van der Waals surface area contributed by atoms with Crippen LogP contribution in [0.2, 0.25) is 0 Å². The van der Waals surface area contributed by atoms with Crippen LogP contribution in [0.3, 0.4) is 0 Å². The van der Waals surface area contributed by atoms with Gasteiger partial charge in [-0.25, -0.2) is 13.2 Å². The first-order chi connectivity index (χ1) is 18.6. The summed E-state index contributed by atoms with van der Waals surface area (Å²) < 4.78 is 79.0. The summed E-state index contributed by atoms with van der Waals surface area (Å²) >= 11 is 0. The third-order valence-corrected chi connectivity index (χ3v) is 8.34. The van der Waals surface area contributed by atoms with E-state index in [-0.39, 0.29) is 36.3 Å². The number of carbonyl (C=O) groups is 1. The van der Waals surface area contributed by atoms with Gasteiger partial charge >= 0.3 is 12.5 Å². The van der Waals surface area contributed by atoms with Crippen LogP contribution >= 0.6 is 0 Å². The molecule has 3 aromatic rings. The summed E-state index contributed by atoms with van der Waals surface area (Å²) in [5, 5.41) is 6.63. The second kappa shape index (κ2) is 10.9. The van der Waals surface area contributed by atoms with Crippen LogP contribution in [-0.2, 0) is 29.5 Å². The fourth-order valence-corrected chi connectivity index (χ4v) is 6.04. The third kappa shape index (κ3) is 6.52. The lowest BCUT2D eigenvalue weighted by Crippen LogP contribution is -2.39. The smallest absolute Gasteiger partial charge is 0.406 e. The Morgan fingerprint density at radius 2 is 1.85 bits per heavy atom. The van der Waals surface area contributed by atoms with Crippen LogP contribution in [0.25, 0.3) is 0 Å². The molecule has 0 spiro atoms. The molecule has 0 saturated carbocycles. The first-order valence-corrected chi connectivity index (χ1v) is 13.6. The molecule has 1 unspecified atom stereocenters. The number of sulfonamides is 1. The van der Waals surface area contributed by atoms with Crippen molar-refractivity contribution in [2.24, 2.45) is 0 Å². The molecular formula is C25H25F3N4O6S. The van der Waals surface area contributed by atoms with E-state index in [9.17, 15) is 26.4 Å². The van der Waals surface area contributed by atoms with Gasteiger partial charge in [-0.2, -0.15) is 4.31 Å². The van der Waals surface area contributed by atoms with Gasteiger partial charge in [0.15, 0.2) is 0 Å². The molecule has 39 heavy (non-hydrogen) atoms. The molecule has 1 atom stereocenters. The summed E-state index contributed by atoms with van der Waals surface area (Å²) in [7, 11) is -4.07. The monoisotopic (exact) mass is 566 g/mol. The molecule has 10 nitrogen and oxygen atoms in total. The fraction of sp³-hybridized carbons (Fsp3) is 0.360. The van der Waals surface area contributed by atoms with Crippen molar-refractivity contribution in [3.8, 4) is 11.6 Å². The Morgan fingerprint density at radius 1 is 1.10 bits per heavy atom. The molecular weight excluding hydrogens is 541 g/mol. The van der Waals surface area contributed by atoms with Crippen molar-refractivity contribution in [2.75, 3.05) is 19.6 Å². The zero-order valence-electron chi connectivity index (χ0n) is 20.6. The van der Waals surface area contributed by atoms with E-state index in [2.05, 4.69) is 20.1 Å². The number of benzene rings is 2. The highest BCUT2D eigenvalue weighted by Gasteiger charge is 2.35. The van der Waals surface area contributed by atoms with E-state index in [4.69, 9.17) is 9.26 Å². The van der Waals surface area contributed by atoms with E-state index in [1.54, 1.807) is 0 Å². The summed E-state index contributed by atoms with van der Waals surface area (Å²) in [6.07, 6.45) is -4.69. The number of amides is 1. The predicted molar refractivity (Wildman–Crippen MR) is 130 cm³/mol. The lowest BCUT2D eigenvalue weighted by Gasteiger charge is -2.25. The molecule has 0 radical (unpaired) electrons. The summed E-state index contributed by atoms with van der Waals surface area (Å²) in [5.41, 5.74) is 1.49. The van der Waals surface area contributed by atoms with E-state index >= 15 is 0 Å². The Labute approximate surface area is 222 Å². The van der Waals surface area contributed by atoms with Crippen LogP contribution in [0.5, 0.6) is 11.6 Å². The number of ether oxygens (including phenoxy) is 2. The molecule has 5 rings (SSSR count). The van der Waals surface area contributed by atoms with E-state index in [1.807, 2.05) is 30.3 Å². The summed E-state index contributed by atoms with van der Waals surface area (Å²) in [6, 6.07) is 13.8. The highest BCUT2D eigenvalue weighted by Crippen LogP contribution is 2.32. The zero-order valence-corrected chi connectivity index (χ0v) is 21.4. The maximum atomic E-state index is 13.1. The molecule has 0 bridgehead atoms. The van der Waals surface area contributed by atoms with Gasteiger partial charge in [0, 0.05) is 45.2 Å². The Morgan fingerprint density at radius 3 is 2.56 bits per heavy atom. The SMILES string of the molecule is O=C(NC1CCN(Cc2ccccc2)C1)Oc1noc2c1CN(S(=O)(=O)c1ccc(OC(F)(F)F)cc1)CC2. The molecule has 208 valence electrons. The Kier molecular flexibility index (Phi) is 7.51. The van der Waals surface area contributed by atoms with E-state index in [1.165, 1.54) is 5.56 Å². The van der Waals surface area contributed by atoms with Gasteiger partial charge in [-0.05, 0) is 41.4 Å². The quantitative estimate of drug-likeness (QED) is 0.461. The Balaban J connectivity index is 1.19. The second-order valence-corrected chi connectivity index (χ2v) is 11.2. The van der Waals surface area contributed by atoms with Crippen LogP contribution < -0.4 is 14.8 Å². The standard InChI is InChI=1S/C25H25F3N4O6S/c26-25(27,28)37-19-6-8-20(9-7-19)39(34,35)32-13-11-22-21(16-32)23(30-38-22)36-24(33)29-18-10-12-31(15-18)14-17-4-2-1-3-5-17/h1-9,18H,10-16H2,(H,29,33). The Bertz CT molecular complexity index is 1410. The number of hydrogen-bond donors (Lipinski definition) is 1. The van der Waals surface area contributed by atoms with E-state index in [0.717, 1.165) is 48.1 Å². The lowest BCUT2D eigenvalue weighted by atomic mass is 10.1. The van der Waals surface area contributed by atoms with Crippen molar-refractivity contribution in [3.63, 3.8) is 0 Å². The molecule has 3 heterocycles. The number of carbonyl (C=O) groups excluding carboxylic acids is 1. The van der Waals surface area contributed by atoms with Gasteiger partial charge in [-0.3, -0.25) is 4.90 Å². The summed E-state index contributed by atoms with van der Waals surface area (Å²) in [6.45, 7) is 2.11. The average Bonchev–Trinajstić information content (AvgIpc) is 3.50. The van der Waals surface area contributed by atoms with Crippen molar-refractivity contribution in [1.82, 2.24) is 19.7 Å². The highest BCUT2D eigenvalue weighted by atomic mass is 32.2. The van der Waals surface area contributed by atoms with Crippen LogP contribution in [0.4, 0.5) is 18.0 Å². The molecule has 0 aliphatic carbocycles. The van der Waals surface area contributed by atoms with Gasteiger partial charge < -0.3 is 19.3 Å². The normalized spacial score (nSPS) is 18.5. The number of likely N-dealkylation sites (tertiary alicyclic amines) is 1. The number of hydrogen-bond acceptors (Lipinski definition) is 8. The van der Waals surface area contributed by atoms with Crippen molar-refractivity contribution < 1.29 is 40.4 Å². The third-order valence-electron chi connectivity index (χ3n) is 6.48. The first-order valence-electron chi connectivity index (χ1n) is 12.1. The largest absolute Gasteiger partial charge is 0.573 e. The number of alkyl halides is 3. The number of nitrogens with zero attached hydrogens (tertiary/aromatic N) is 3. The maximum Gasteiger partial charge on any atom is 0.573 e. The van der Waals surface area contributed by atoms with Crippen molar-refractivity contribution in [2.45, 2.75) is 43.2 Å². The number of halogens is 3. The molecule has 2 aliphatic rings. The summed E-state index contributed by atoms with van der Waals surface area (Å²) in [4.78, 5) is 14.6. The minimum absolute atomic E-state index is 0.0519.